The van der Waals surface area contributed by atoms with Crippen molar-refractivity contribution in [2.24, 2.45) is 0 Å². The van der Waals surface area contributed by atoms with Gasteiger partial charge in [-0.05, 0) is 50.9 Å². The van der Waals surface area contributed by atoms with E-state index >= 15 is 0 Å². The van der Waals surface area contributed by atoms with E-state index in [1.165, 1.54) is 12.0 Å². The summed E-state index contributed by atoms with van der Waals surface area (Å²) < 4.78 is 22.5. The topological polar surface area (TPSA) is 74.3 Å². The molecule has 164 valence electrons. The highest BCUT2D eigenvalue weighted by atomic mass is 16.7. The highest BCUT2D eigenvalue weighted by molar-refractivity contribution is 6.62. The summed E-state index contributed by atoms with van der Waals surface area (Å²) in [6, 6.07) is 14.4. The van der Waals surface area contributed by atoms with Crippen LogP contribution in [0.1, 0.15) is 43.6 Å². The number of amides is 1. The first-order valence-corrected chi connectivity index (χ1v) is 10.1. The van der Waals surface area contributed by atoms with E-state index in [4.69, 9.17) is 18.8 Å². The van der Waals surface area contributed by atoms with E-state index in [1.807, 2.05) is 58.0 Å². The van der Waals surface area contributed by atoms with E-state index in [9.17, 15) is 9.59 Å². The molecule has 0 saturated carbocycles. The molecular formula is C23H28BNO6. The first kappa shape index (κ1) is 22.8. The Morgan fingerprint density at radius 1 is 1.00 bits per heavy atom. The van der Waals surface area contributed by atoms with Crippen LogP contribution in [0.2, 0.25) is 0 Å². The number of anilines is 1. The maximum Gasteiger partial charge on any atom is 0.494 e. The molecule has 0 aliphatic carbocycles. The summed E-state index contributed by atoms with van der Waals surface area (Å²) in [6.07, 6.45) is -0.597. The third-order valence-electron chi connectivity index (χ3n) is 5.79. The van der Waals surface area contributed by atoms with Gasteiger partial charge in [-0.3, -0.25) is 4.90 Å². The quantitative estimate of drug-likeness (QED) is 0.539. The fourth-order valence-corrected chi connectivity index (χ4v) is 3.15. The van der Waals surface area contributed by atoms with Gasteiger partial charge in [-0.15, -0.1) is 0 Å². The van der Waals surface area contributed by atoms with Crippen LogP contribution in [0.5, 0.6) is 0 Å². The fourth-order valence-electron chi connectivity index (χ4n) is 3.15. The predicted octanol–water partition coefficient (Wildman–Crippen LogP) is 3.55. The number of hydrogen-bond donors (Lipinski definition) is 0. The van der Waals surface area contributed by atoms with Gasteiger partial charge in [0.25, 0.3) is 0 Å². The van der Waals surface area contributed by atoms with Crippen molar-refractivity contribution in [1.29, 1.82) is 0 Å². The molecule has 7 nitrogen and oxygen atoms in total. The molecule has 31 heavy (non-hydrogen) atoms. The van der Waals surface area contributed by atoms with Crippen LogP contribution in [-0.2, 0) is 25.4 Å². The largest absolute Gasteiger partial charge is 0.494 e. The highest BCUT2D eigenvalue weighted by Crippen LogP contribution is 2.36. The van der Waals surface area contributed by atoms with E-state index < -0.39 is 30.4 Å². The predicted molar refractivity (Wildman–Crippen MR) is 119 cm³/mol. The standard InChI is InChI=1S/C23H28BNO6/c1-22(2)23(3,4)31-24(30-22)17-12-13-18(20(26)28-6)19(14-17)25(5)21(27)29-15-16-10-8-7-9-11-16/h7-14H,15H2,1-6H3. The number of nitrogens with zero attached hydrogens (tertiary/aromatic N) is 1. The summed E-state index contributed by atoms with van der Waals surface area (Å²) in [5.41, 5.74) is 1.10. The van der Waals surface area contributed by atoms with Gasteiger partial charge in [-0.1, -0.05) is 36.4 Å². The number of esters is 1. The average Bonchev–Trinajstić information content (AvgIpc) is 2.98. The Bertz CT molecular complexity index is 944. The molecule has 3 rings (SSSR count). The van der Waals surface area contributed by atoms with Gasteiger partial charge in [-0.2, -0.15) is 0 Å². The van der Waals surface area contributed by atoms with Crippen molar-refractivity contribution in [2.75, 3.05) is 19.1 Å². The molecule has 0 aromatic heterocycles. The van der Waals surface area contributed by atoms with Gasteiger partial charge in [0.05, 0.1) is 29.6 Å². The second-order valence-corrected chi connectivity index (χ2v) is 8.46. The summed E-state index contributed by atoms with van der Waals surface area (Å²) in [5.74, 6) is -0.557. The minimum Gasteiger partial charge on any atom is -0.465 e. The first-order valence-electron chi connectivity index (χ1n) is 10.1. The van der Waals surface area contributed by atoms with E-state index in [0.29, 0.717) is 11.2 Å². The van der Waals surface area contributed by atoms with Crippen LogP contribution in [-0.4, -0.2) is 44.5 Å². The molecule has 1 fully saturated rings. The van der Waals surface area contributed by atoms with Crippen LogP contribution < -0.4 is 10.4 Å². The zero-order chi connectivity index (χ0) is 22.8. The van der Waals surface area contributed by atoms with Gasteiger partial charge in [0.2, 0.25) is 0 Å². The maximum absolute atomic E-state index is 12.7. The third-order valence-corrected chi connectivity index (χ3v) is 5.79. The van der Waals surface area contributed by atoms with Gasteiger partial charge >= 0.3 is 19.2 Å². The molecule has 0 N–H and O–H groups in total. The Morgan fingerprint density at radius 3 is 2.19 bits per heavy atom. The van der Waals surface area contributed by atoms with Crippen molar-refractivity contribution < 1.29 is 28.4 Å². The normalized spacial score (nSPS) is 16.6. The van der Waals surface area contributed by atoms with Crippen LogP contribution in [0.15, 0.2) is 48.5 Å². The minimum absolute atomic E-state index is 0.120. The monoisotopic (exact) mass is 425 g/mol. The van der Waals surface area contributed by atoms with E-state index in [0.717, 1.165) is 5.56 Å². The van der Waals surface area contributed by atoms with Crippen LogP contribution in [0.25, 0.3) is 0 Å². The molecule has 8 heteroatoms. The summed E-state index contributed by atoms with van der Waals surface area (Å²) in [5, 5.41) is 0. The number of rotatable bonds is 5. The Morgan fingerprint density at radius 2 is 1.61 bits per heavy atom. The molecule has 1 aliphatic rings. The third kappa shape index (κ3) is 4.75. The highest BCUT2D eigenvalue weighted by Gasteiger charge is 2.51. The smallest absolute Gasteiger partial charge is 0.465 e. The van der Waals surface area contributed by atoms with E-state index in [1.54, 1.807) is 25.2 Å². The molecule has 0 unspecified atom stereocenters. The van der Waals surface area contributed by atoms with Crippen molar-refractivity contribution >= 4 is 30.3 Å². The number of methoxy groups -OCH3 is 1. The number of ether oxygens (including phenoxy) is 2. The minimum atomic E-state index is -0.635. The summed E-state index contributed by atoms with van der Waals surface area (Å²) in [7, 11) is 2.20. The molecular weight excluding hydrogens is 397 g/mol. The Labute approximate surface area is 183 Å². The van der Waals surface area contributed by atoms with Crippen molar-refractivity contribution in [1.82, 2.24) is 0 Å². The second-order valence-electron chi connectivity index (χ2n) is 8.46. The number of benzene rings is 2. The van der Waals surface area contributed by atoms with Crippen molar-refractivity contribution in [3.05, 3.63) is 59.7 Å². The molecule has 2 aromatic rings. The number of hydrogen-bond acceptors (Lipinski definition) is 6. The Hall–Kier alpha value is -2.84. The lowest BCUT2D eigenvalue weighted by Crippen LogP contribution is -2.41. The number of carbonyl (C=O) groups is 2. The summed E-state index contributed by atoms with van der Waals surface area (Å²) in [4.78, 5) is 26.3. The Kier molecular flexibility index (Phi) is 6.43. The molecule has 1 amide bonds. The zero-order valence-corrected chi connectivity index (χ0v) is 18.8. The lowest BCUT2D eigenvalue weighted by atomic mass is 9.78. The van der Waals surface area contributed by atoms with Crippen LogP contribution in [0.4, 0.5) is 10.5 Å². The average molecular weight is 425 g/mol. The van der Waals surface area contributed by atoms with E-state index in [-0.39, 0.29) is 12.2 Å². The van der Waals surface area contributed by atoms with Gasteiger partial charge in [0.15, 0.2) is 0 Å². The number of carbonyl (C=O) groups excluding carboxylic acids is 2. The zero-order valence-electron chi connectivity index (χ0n) is 18.8. The molecule has 0 bridgehead atoms. The van der Waals surface area contributed by atoms with Gasteiger partial charge in [0, 0.05) is 7.05 Å². The van der Waals surface area contributed by atoms with Crippen LogP contribution in [0, 0.1) is 0 Å². The fraction of sp³-hybridized carbons (Fsp3) is 0.391. The van der Waals surface area contributed by atoms with Crippen molar-refractivity contribution in [3.8, 4) is 0 Å². The molecule has 0 spiro atoms. The van der Waals surface area contributed by atoms with Crippen molar-refractivity contribution in [2.45, 2.75) is 45.5 Å². The lowest BCUT2D eigenvalue weighted by Gasteiger charge is -2.32. The maximum atomic E-state index is 12.7. The molecule has 1 heterocycles. The van der Waals surface area contributed by atoms with Gasteiger partial charge in [-0.25, -0.2) is 9.59 Å². The van der Waals surface area contributed by atoms with Crippen LogP contribution >= 0.6 is 0 Å². The molecule has 0 atom stereocenters. The summed E-state index contributed by atoms with van der Waals surface area (Å²) >= 11 is 0. The van der Waals surface area contributed by atoms with Crippen molar-refractivity contribution in [3.63, 3.8) is 0 Å². The Balaban J connectivity index is 1.87. The molecule has 1 saturated heterocycles. The van der Waals surface area contributed by atoms with Crippen LogP contribution in [0.3, 0.4) is 0 Å². The molecule has 0 radical (unpaired) electrons. The first-order chi connectivity index (χ1) is 14.6. The summed E-state index contributed by atoms with van der Waals surface area (Å²) in [6.45, 7) is 7.97. The lowest BCUT2D eigenvalue weighted by molar-refractivity contribution is 0.00578. The molecule has 1 aliphatic heterocycles. The second kappa shape index (κ2) is 8.73. The van der Waals surface area contributed by atoms with Gasteiger partial charge < -0.3 is 18.8 Å². The molecule has 2 aromatic carbocycles. The van der Waals surface area contributed by atoms with Gasteiger partial charge in [0.1, 0.15) is 6.61 Å². The van der Waals surface area contributed by atoms with E-state index in [2.05, 4.69) is 0 Å². The SMILES string of the molecule is COC(=O)c1ccc(B2OC(C)(C)C(C)(C)O2)cc1N(C)C(=O)OCc1ccccc1.